The van der Waals surface area contributed by atoms with Crippen molar-refractivity contribution in [3.63, 3.8) is 0 Å². The third-order valence-electron chi connectivity index (χ3n) is 3.52. The maximum absolute atomic E-state index is 3.72. The summed E-state index contributed by atoms with van der Waals surface area (Å²) in [6.07, 6.45) is 1.04. The average molecular weight is 382 g/mol. The van der Waals surface area contributed by atoms with Crippen LogP contribution in [-0.2, 0) is 11.8 Å². The molecule has 0 radical (unpaired) electrons. The molecule has 100 valence electrons. The minimum Gasteiger partial charge on any atom is -0.0918 e. The lowest BCUT2D eigenvalue weighted by Gasteiger charge is -2.31. The lowest BCUT2D eigenvalue weighted by atomic mass is 9.79. The quantitative estimate of drug-likeness (QED) is 0.619. The summed E-state index contributed by atoms with van der Waals surface area (Å²) in [5.74, 6) is 0. The van der Waals surface area contributed by atoms with Crippen molar-refractivity contribution in [3.05, 3.63) is 71.3 Å². The van der Waals surface area contributed by atoms with Crippen molar-refractivity contribution < 1.29 is 0 Å². The molecule has 0 N–H and O–H groups in total. The number of benzene rings is 2. The smallest absolute Gasteiger partial charge is 0.0187 e. The summed E-state index contributed by atoms with van der Waals surface area (Å²) in [6, 6.07) is 19.5. The van der Waals surface area contributed by atoms with Crippen LogP contribution in [0.2, 0.25) is 0 Å². The molecule has 0 nitrogen and oxygen atoms in total. The molecule has 0 aliphatic heterocycles. The molecule has 0 amide bonds. The van der Waals surface area contributed by atoms with E-state index in [1.807, 2.05) is 0 Å². The first kappa shape index (κ1) is 14.8. The topological polar surface area (TPSA) is 0 Å². The molecule has 0 saturated heterocycles. The minimum atomic E-state index is 0.106. The van der Waals surface area contributed by atoms with E-state index < -0.39 is 0 Å². The average Bonchev–Trinajstić information content (AvgIpc) is 2.46. The Morgan fingerprint density at radius 1 is 0.895 bits per heavy atom. The zero-order valence-corrected chi connectivity index (χ0v) is 14.2. The van der Waals surface area contributed by atoms with Gasteiger partial charge >= 0.3 is 0 Å². The molecule has 0 heterocycles. The molecule has 2 aromatic rings. The fourth-order valence-electron chi connectivity index (χ4n) is 2.39. The highest BCUT2D eigenvalue weighted by Gasteiger charge is 2.30. The summed E-state index contributed by atoms with van der Waals surface area (Å²) in [5.41, 5.74) is 4.20. The fourth-order valence-corrected chi connectivity index (χ4v) is 4.36. The van der Waals surface area contributed by atoms with E-state index in [9.17, 15) is 0 Å². The van der Waals surface area contributed by atoms with E-state index in [2.05, 4.69) is 93.4 Å². The summed E-state index contributed by atoms with van der Waals surface area (Å²) in [4.78, 5) is 0. The molecule has 0 atom stereocenters. The lowest BCUT2D eigenvalue weighted by Crippen LogP contribution is -2.32. The zero-order chi connectivity index (χ0) is 13.7. The van der Waals surface area contributed by atoms with Gasteiger partial charge in [-0.25, -0.2) is 0 Å². The predicted molar refractivity (Wildman–Crippen MR) is 90.6 cm³/mol. The Bertz CT molecular complexity index is 516. The number of aryl methyl sites for hydroxylation is 1. The van der Waals surface area contributed by atoms with Crippen molar-refractivity contribution in [3.8, 4) is 0 Å². The van der Waals surface area contributed by atoms with E-state index in [0.717, 1.165) is 17.1 Å². The largest absolute Gasteiger partial charge is 0.0918 e. The van der Waals surface area contributed by atoms with E-state index in [4.69, 9.17) is 0 Å². The van der Waals surface area contributed by atoms with Crippen molar-refractivity contribution >= 4 is 31.9 Å². The van der Waals surface area contributed by atoms with Gasteiger partial charge in [0, 0.05) is 16.1 Å². The molecule has 0 aliphatic carbocycles. The maximum Gasteiger partial charge on any atom is 0.0187 e. The van der Waals surface area contributed by atoms with E-state index in [0.29, 0.717) is 0 Å². The van der Waals surface area contributed by atoms with Crippen LogP contribution in [0.5, 0.6) is 0 Å². The summed E-state index contributed by atoms with van der Waals surface area (Å²) in [6.45, 7) is 2.15. The van der Waals surface area contributed by atoms with Gasteiger partial charge in [0.05, 0.1) is 0 Å². The van der Waals surface area contributed by atoms with Gasteiger partial charge in [0.15, 0.2) is 0 Å². The lowest BCUT2D eigenvalue weighted by molar-refractivity contribution is 0.551. The molecule has 2 heteroatoms. The van der Waals surface area contributed by atoms with Gasteiger partial charge in [-0.2, -0.15) is 0 Å². The first-order valence-electron chi connectivity index (χ1n) is 6.43. The summed E-state index contributed by atoms with van der Waals surface area (Å²) in [5, 5.41) is 1.90. The standard InChI is InChI=1S/C17H18Br2/c1-14-6-5-7-15(10-14)11-17(12-18,13-19)16-8-3-2-4-9-16/h2-10H,11-13H2,1H3. The van der Waals surface area contributed by atoms with Crippen molar-refractivity contribution in [1.29, 1.82) is 0 Å². The van der Waals surface area contributed by atoms with Crippen LogP contribution in [0.1, 0.15) is 16.7 Å². The third kappa shape index (κ3) is 3.49. The molecule has 2 aromatic carbocycles. The first-order chi connectivity index (χ1) is 9.20. The van der Waals surface area contributed by atoms with Gasteiger partial charge in [-0.3, -0.25) is 0 Å². The fraction of sp³-hybridized carbons (Fsp3) is 0.294. The maximum atomic E-state index is 3.72. The highest BCUT2D eigenvalue weighted by atomic mass is 79.9. The Hall–Kier alpha value is -0.600. The van der Waals surface area contributed by atoms with Crippen LogP contribution in [0, 0.1) is 6.92 Å². The van der Waals surface area contributed by atoms with E-state index >= 15 is 0 Å². The van der Waals surface area contributed by atoms with Gasteiger partial charge in [-0.05, 0) is 24.5 Å². The van der Waals surface area contributed by atoms with E-state index in [1.165, 1.54) is 16.7 Å². The second kappa shape index (κ2) is 6.71. The van der Waals surface area contributed by atoms with Crippen LogP contribution in [0.3, 0.4) is 0 Å². The Labute approximate surface area is 132 Å². The molecule has 0 aromatic heterocycles. The normalized spacial score (nSPS) is 11.5. The Kier molecular flexibility index (Phi) is 5.23. The van der Waals surface area contributed by atoms with Gasteiger partial charge < -0.3 is 0 Å². The van der Waals surface area contributed by atoms with Gasteiger partial charge in [0.25, 0.3) is 0 Å². The second-order valence-electron chi connectivity index (χ2n) is 5.08. The van der Waals surface area contributed by atoms with Crippen LogP contribution in [0.25, 0.3) is 0 Å². The molecule has 19 heavy (non-hydrogen) atoms. The molecule has 0 spiro atoms. The third-order valence-corrected chi connectivity index (χ3v) is 5.67. The summed E-state index contributed by atoms with van der Waals surface area (Å²) >= 11 is 7.43. The van der Waals surface area contributed by atoms with Crippen LogP contribution in [-0.4, -0.2) is 10.7 Å². The van der Waals surface area contributed by atoms with Crippen molar-refractivity contribution in [1.82, 2.24) is 0 Å². The molecular formula is C17H18Br2. The Morgan fingerprint density at radius 3 is 2.16 bits per heavy atom. The second-order valence-corrected chi connectivity index (χ2v) is 6.20. The van der Waals surface area contributed by atoms with Gasteiger partial charge in [-0.15, -0.1) is 0 Å². The zero-order valence-electron chi connectivity index (χ0n) is 11.1. The SMILES string of the molecule is Cc1cccc(CC(CBr)(CBr)c2ccccc2)c1. The molecule has 0 unspecified atom stereocenters. The summed E-state index contributed by atoms with van der Waals surface area (Å²) in [7, 11) is 0. The van der Waals surface area contributed by atoms with Crippen LogP contribution < -0.4 is 0 Å². The Balaban J connectivity index is 2.35. The number of halogens is 2. The van der Waals surface area contributed by atoms with Crippen molar-refractivity contribution in [2.75, 3.05) is 10.7 Å². The van der Waals surface area contributed by atoms with Crippen molar-refractivity contribution in [2.24, 2.45) is 0 Å². The van der Waals surface area contributed by atoms with Crippen LogP contribution >= 0.6 is 31.9 Å². The minimum absolute atomic E-state index is 0.106. The van der Waals surface area contributed by atoms with E-state index in [-0.39, 0.29) is 5.41 Å². The molecule has 2 rings (SSSR count). The highest BCUT2D eigenvalue weighted by molar-refractivity contribution is 9.09. The van der Waals surface area contributed by atoms with Crippen LogP contribution in [0.15, 0.2) is 54.6 Å². The Morgan fingerprint density at radius 2 is 1.58 bits per heavy atom. The monoisotopic (exact) mass is 380 g/mol. The number of hydrogen-bond acceptors (Lipinski definition) is 0. The predicted octanol–water partition coefficient (Wildman–Crippen LogP) is 5.27. The van der Waals surface area contributed by atoms with Gasteiger partial charge in [-0.1, -0.05) is 92.0 Å². The molecular weight excluding hydrogens is 364 g/mol. The number of rotatable bonds is 5. The molecule has 0 fully saturated rings. The number of alkyl halides is 2. The van der Waals surface area contributed by atoms with Crippen LogP contribution in [0.4, 0.5) is 0 Å². The molecule has 0 saturated carbocycles. The van der Waals surface area contributed by atoms with E-state index in [1.54, 1.807) is 0 Å². The first-order valence-corrected chi connectivity index (χ1v) is 8.67. The number of hydrogen-bond donors (Lipinski definition) is 0. The van der Waals surface area contributed by atoms with Gasteiger partial charge in [0.1, 0.15) is 0 Å². The summed E-state index contributed by atoms with van der Waals surface area (Å²) < 4.78 is 0. The van der Waals surface area contributed by atoms with Gasteiger partial charge in [0.2, 0.25) is 0 Å². The molecule has 0 bridgehead atoms. The molecule has 0 aliphatic rings. The van der Waals surface area contributed by atoms with Crippen molar-refractivity contribution in [2.45, 2.75) is 18.8 Å². The highest BCUT2D eigenvalue weighted by Crippen LogP contribution is 2.32.